The van der Waals surface area contributed by atoms with E-state index in [1.165, 1.54) is 11.3 Å². The van der Waals surface area contributed by atoms with E-state index in [0.29, 0.717) is 5.69 Å². The van der Waals surface area contributed by atoms with Crippen LogP contribution >= 0.6 is 11.3 Å². The van der Waals surface area contributed by atoms with Crippen LogP contribution in [0.2, 0.25) is 0 Å². The van der Waals surface area contributed by atoms with Crippen LogP contribution in [0.25, 0.3) is 11.6 Å². The predicted octanol–water partition coefficient (Wildman–Crippen LogP) is 4.77. The number of carbonyl (C=O) groups is 1. The second-order valence-electron chi connectivity index (χ2n) is 5.00. The maximum Gasteiger partial charge on any atom is 0.412 e. The Morgan fingerprint density at radius 3 is 2.56 bits per heavy atom. The highest BCUT2D eigenvalue weighted by atomic mass is 32.1. The molecule has 0 saturated heterocycles. The third kappa shape index (κ3) is 4.04. The molecule has 1 N–H and O–H groups in total. The van der Waals surface area contributed by atoms with Crippen LogP contribution in [0.15, 0.2) is 19.2 Å². The SMILES string of the molecule is C=Cc1sc(C(=C)C)cc1NC(=O)OC(C)(C)C. The first kappa shape index (κ1) is 14.5. The molecule has 98 valence electrons. The molecule has 0 aliphatic carbocycles. The first-order valence-corrected chi connectivity index (χ1v) is 6.46. The molecular formula is C14H19NO2S. The number of anilines is 1. The minimum atomic E-state index is -0.508. The maximum absolute atomic E-state index is 11.7. The number of rotatable bonds is 3. The largest absolute Gasteiger partial charge is 0.444 e. The normalized spacial score (nSPS) is 10.9. The number of nitrogens with one attached hydrogen (secondary N) is 1. The summed E-state index contributed by atoms with van der Waals surface area (Å²) in [7, 11) is 0. The lowest BCUT2D eigenvalue weighted by atomic mass is 10.2. The molecule has 0 unspecified atom stereocenters. The fourth-order valence-corrected chi connectivity index (χ4v) is 2.17. The third-order valence-electron chi connectivity index (χ3n) is 2.00. The summed E-state index contributed by atoms with van der Waals surface area (Å²) in [5.74, 6) is 0. The van der Waals surface area contributed by atoms with Crippen molar-refractivity contribution in [1.29, 1.82) is 0 Å². The summed E-state index contributed by atoms with van der Waals surface area (Å²) in [5.41, 5.74) is 1.16. The molecule has 0 bridgehead atoms. The van der Waals surface area contributed by atoms with Crippen molar-refractivity contribution in [2.75, 3.05) is 5.32 Å². The van der Waals surface area contributed by atoms with Crippen LogP contribution in [-0.2, 0) is 4.74 Å². The van der Waals surface area contributed by atoms with Crippen LogP contribution < -0.4 is 5.32 Å². The van der Waals surface area contributed by atoms with Gasteiger partial charge >= 0.3 is 6.09 Å². The number of hydrogen-bond donors (Lipinski definition) is 1. The summed E-state index contributed by atoms with van der Waals surface area (Å²) in [5, 5.41) is 2.73. The van der Waals surface area contributed by atoms with E-state index in [4.69, 9.17) is 4.74 Å². The van der Waals surface area contributed by atoms with E-state index < -0.39 is 11.7 Å². The van der Waals surface area contributed by atoms with Gasteiger partial charge in [-0.1, -0.05) is 19.2 Å². The van der Waals surface area contributed by atoms with E-state index in [9.17, 15) is 4.79 Å². The van der Waals surface area contributed by atoms with Gasteiger partial charge in [-0.25, -0.2) is 4.79 Å². The quantitative estimate of drug-likeness (QED) is 0.854. The van der Waals surface area contributed by atoms with Gasteiger partial charge in [0.05, 0.1) is 10.6 Å². The van der Waals surface area contributed by atoms with Gasteiger partial charge in [0.15, 0.2) is 0 Å². The molecule has 0 radical (unpaired) electrons. The van der Waals surface area contributed by atoms with Crippen LogP contribution in [-0.4, -0.2) is 11.7 Å². The number of carbonyl (C=O) groups excluding carboxylic acids is 1. The van der Waals surface area contributed by atoms with Gasteiger partial charge in [-0.05, 0) is 39.3 Å². The van der Waals surface area contributed by atoms with Crippen LogP contribution in [0.3, 0.4) is 0 Å². The van der Waals surface area contributed by atoms with Gasteiger partial charge in [-0.2, -0.15) is 0 Å². The first-order valence-electron chi connectivity index (χ1n) is 5.65. The summed E-state index contributed by atoms with van der Waals surface area (Å²) in [6.45, 7) is 15.0. The second-order valence-corrected chi connectivity index (χ2v) is 6.08. The Morgan fingerprint density at radius 2 is 2.11 bits per heavy atom. The molecule has 0 aliphatic heterocycles. The molecule has 0 saturated carbocycles. The van der Waals surface area contributed by atoms with E-state index in [0.717, 1.165) is 15.3 Å². The summed E-state index contributed by atoms with van der Waals surface area (Å²) < 4.78 is 5.21. The van der Waals surface area contributed by atoms with Crippen molar-refractivity contribution < 1.29 is 9.53 Å². The van der Waals surface area contributed by atoms with Crippen LogP contribution in [0.5, 0.6) is 0 Å². The number of allylic oxidation sites excluding steroid dienone is 1. The third-order valence-corrected chi connectivity index (χ3v) is 3.30. The number of ether oxygens (including phenoxy) is 1. The van der Waals surface area contributed by atoms with E-state index >= 15 is 0 Å². The Bertz CT molecular complexity index is 480. The van der Waals surface area contributed by atoms with Crippen molar-refractivity contribution >= 4 is 34.8 Å². The van der Waals surface area contributed by atoms with Gasteiger partial charge < -0.3 is 4.74 Å². The number of hydrogen-bond acceptors (Lipinski definition) is 3. The molecule has 0 fully saturated rings. The second kappa shape index (κ2) is 5.40. The lowest BCUT2D eigenvalue weighted by molar-refractivity contribution is 0.0636. The standard InChI is InChI=1S/C14H19NO2S/c1-7-11-10(8-12(18-11)9(2)3)15-13(16)17-14(4,5)6/h7-8H,1-2H2,3-6H3,(H,15,16). The minimum absolute atomic E-state index is 0.461. The van der Waals surface area contributed by atoms with Crippen molar-refractivity contribution in [3.63, 3.8) is 0 Å². The van der Waals surface area contributed by atoms with E-state index in [-0.39, 0.29) is 0 Å². The molecule has 1 rings (SSSR count). The van der Waals surface area contributed by atoms with Gasteiger partial charge in [0.25, 0.3) is 0 Å². The minimum Gasteiger partial charge on any atom is -0.444 e. The highest BCUT2D eigenvalue weighted by molar-refractivity contribution is 7.14. The molecule has 1 amide bonds. The van der Waals surface area contributed by atoms with Crippen molar-refractivity contribution in [2.24, 2.45) is 0 Å². The Morgan fingerprint density at radius 1 is 1.50 bits per heavy atom. The Labute approximate surface area is 112 Å². The zero-order valence-corrected chi connectivity index (χ0v) is 12.1. The Balaban J connectivity index is 2.87. The lowest BCUT2D eigenvalue weighted by Gasteiger charge is -2.19. The summed E-state index contributed by atoms with van der Waals surface area (Å²) in [6, 6.07) is 1.88. The Hall–Kier alpha value is -1.55. The molecule has 3 nitrogen and oxygen atoms in total. The van der Waals surface area contributed by atoms with E-state index in [1.54, 1.807) is 6.08 Å². The zero-order chi connectivity index (χ0) is 13.9. The summed E-state index contributed by atoms with van der Waals surface area (Å²) in [6.07, 6.45) is 1.25. The average Bonchev–Trinajstić information content (AvgIpc) is 2.57. The molecule has 18 heavy (non-hydrogen) atoms. The number of amides is 1. The zero-order valence-electron chi connectivity index (χ0n) is 11.3. The smallest absolute Gasteiger partial charge is 0.412 e. The fourth-order valence-electron chi connectivity index (χ4n) is 1.28. The number of thiophene rings is 1. The monoisotopic (exact) mass is 265 g/mol. The molecule has 0 spiro atoms. The molecular weight excluding hydrogens is 246 g/mol. The van der Waals surface area contributed by atoms with E-state index in [1.807, 2.05) is 33.8 Å². The fraction of sp³-hybridized carbons (Fsp3) is 0.357. The molecule has 0 aromatic carbocycles. The van der Waals surface area contributed by atoms with Gasteiger partial charge in [0.1, 0.15) is 5.60 Å². The van der Waals surface area contributed by atoms with Gasteiger partial charge in [-0.15, -0.1) is 11.3 Å². The van der Waals surface area contributed by atoms with Crippen molar-refractivity contribution in [1.82, 2.24) is 0 Å². The van der Waals surface area contributed by atoms with Crippen molar-refractivity contribution in [2.45, 2.75) is 33.3 Å². The van der Waals surface area contributed by atoms with Gasteiger partial charge in [-0.3, -0.25) is 5.32 Å². The molecule has 0 aliphatic rings. The topological polar surface area (TPSA) is 38.3 Å². The van der Waals surface area contributed by atoms with Crippen molar-refractivity contribution in [3.8, 4) is 0 Å². The Kier molecular flexibility index (Phi) is 4.35. The van der Waals surface area contributed by atoms with Gasteiger partial charge in [0.2, 0.25) is 0 Å². The predicted molar refractivity (Wildman–Crippen MR) is 79.0 cm³/mol. The summed E-state index contributed by atoms with van der Waals surface area (Å²) in [4.78, 5) is 13.6. The molecule has 1 heterocycles. The lowest BCUT2D eigenvalue weighted by Crippen LogP contribution is -2.27. The van der Waals surface area contributed by atoms with E-state index in [2.05, 4.69) is 18.5 Å². The average molecular weight is 265 g/mol. The van der Waals surface area contributed by atoms with Gasteiger partial charge in [0, 0.05) is 4.88 Å². The molecule has 1 aromatic rings. The summed E-state index contributed by atoms with van der Waals surface area (Å²) >= 11 is 1.54. The van der Waals surface area contributed by atoms with Crippen LogP contribution in [0, 0.1) is 0 Å². The van der Waals surface area contributed by atoms with Crippen molar-refractivity contribution in [3.05, 3.63) is 29.0 Å². The first-order chi connectivity index (χ1) is 8.23. The van der Waals surface area contributed by atoms with Crippen LogP contribution in [0.1, 0.15) is 37.4 Å². The highest BCUT2D eigenvalue weighted by Crippen LogP contribution is 2.32. The molecule has 4 heteroatoms. The van der Waals surface area contributed by atoms with Crippen LogP contribution in [0.4, 0.5) is 10.5 Å². The molecule has 1 aromatic heterocycles. The molecule has 0 atom stereocenters. The highest BCUT2D eigenvalue weighted by Gasteiger charge is 2.18. The maximum atomic E-state index is 11.7.